The molecule has 3 rings (SSSR count). The molecule has 0 radical (unpaired) electrons. The van der Waals surface area contributed by atoms with Gasteiger partial charge in [-0.15, -0.1) is 5.10 Å². The standard InChI is InChI=1S/C21H28N4O/c1-16(8-10-18-6-4-3-5-7-18)22-21(26)19-12-14-25(15-13-19)20-11-9-17(2)23-24-20/h3-7,9,11,16,19H,8,10,12-15H2,1-2H3,(H,22,26). The lowest BCUT2D eigenvalue weighted by Crippen LogP contribution is -2.43. The number of benzene rings is 1. The van der Waals surface area contributed by atoms with Crippen LogP contribution in [0.2, 0.25) is 0 Å². The molecule has 1 amide bonds. The Labute approximate surface area is 155 Å². The first-order valence-corrected chi connectivity index (χ1v) is 9.51. The minimum atomic E-state index is 0.101. The number of nitrogens with zero attached hydrogens (tertiary/aromatic N) is 3. The van der Waals surface area contributed by atoms with Crippen LogP contribution in [0.3, 0.4) is 0 Å². The molecule has 1 aromatic carbocycles. The molecule has 5 heteroatoms. The lowest BCUT2D eigenvalue weighted by Gasteiger charge is -2.32. The van der Waals surface area contributed by atoms with E-state index < -0.39 is 0 Å². The Kier molecular flexibility index (Phi) is 6.21. The van der Waals surface area contributed by atoms with E-state index in [0.717, 1.165) is 50.3 Å². The number of carbonyl (C=O) groups is 1. The number of aromatic nitrogens is 2. The van der Waals surface area contributed by atoms with Crippen LogP contribution >= 0.6 is 0 Å². The zero-order valence-corrected chi connectivity index (χ0v) is 15.7. The van der Waals surface area contributed by atoms with Crippen LogP contribution in [-0.4, -0.2) is 35.2 Å². The van der Waals surface area contributed by atoms with Crippen molar-refractivity contribution in [2.24, 2.45) is 5.92 Å². The Bertz CT molecular complexity index is 694. The van der Waals surface area contributed by atoms with Crippen molar-refractivity contribution in [1.82, 2.24) is 15.5 Å². The summed E-state index contributed by atoms with van der Waals surface area (Å²) in [4.78, 5) is 14.8. The van der Waals surface area contributed by atoms with Gasteiger partial charge in [0.25, 0.3) is 0 Å². The highest BCUT2D eigenvalue weighted by molar-refractivity contribution is 5.79. The number of anilines is 1. The number of hydrogen-bond acceptors (Lipinski definition) is 4. The number of nitrogens with one attached hydrogen (secondary N) is 1. The average molecular weight is 352 g/mol. The Hall–Kier alpha value is -2.43. The summed E-state index contributed by atoms with van der Waals surface area (Å²) in [6, 6.07) is 14.6. The van der Waals surface area contributed by atoms with Gasteiger partial charge in [0.2, 0.25) is 5.91 Å². The third-order valence-electron chi connectivity index (χ3n) is 5.07. The summed E-state index contributed by atoms with van der Waals surface area (Å²) >= 11 is 0. The topological polar surface area (TPSA) is 58.1 Å². The molecule has 1 saturated heterocycles. The molecule has 2 aromatic rings. The second kappa shape index (κ2) is 8.79. The first kappa shape index (κ1) is 18.4. The van der Waals surface area contributed by atoms with E-state index in [9.17, 15) is 4.79 Å². The number of rotatable bonds is 6. The van der Waals surface area contributed by atoms with Crippen LogP contribution in [-0.2, 0) is 11.2 Å². The average Bonchev–Trinajstić information content (AvgIpc) is 2.68. The molecule has 1 aromatic heterocycles. The fraction of sp³-hybridized carbons (Fsp3) is 0.476. The van der Waals surface area contributed by atoms with Crippen molar-refractivity contribution in [3.8, 4) is 0 Å². The number of amides is 1. The molecule has 0 saturated carbocycles. The minimum absolute atomic E-state index is 0.101. The van der Waals surface area contributed by atoms with Crippen LogP contribution in [0.25, 0.3) is 0 Å². The van der Waals surface area contributed by atoms with E-state index in [1.807, 2.05) is 25.1 Å². The third-order valence-corrected chi connectivity index (χ3v) is 5.07. The van der Waals surface area contributed by atoms with Crippen LogP contribution in [0.4, 0.5) is 5.82 Å². The maximum Gasteiger partial charge on any atom is 0.223 e. The van der Waals surface area contributed by atoms with Crippen molar-refractivity contribution in [2.75, 3.05) is 18.0 Å². The van der Waals surface area contributed by atoms with Crippen molar-refractivity contribution in [3.05, 3.63) is 53.7 Å². The van der Waals surface area contributed by atoms with E-state index in [1.54, 1.807) is 0 Å². The van der Waals surface area contributed by atoms with Gasteiger partial charge in [0, 0.05) is 25.0 Å². The summed E-state index contributed by atoms with van der Waals surface area (Å²) in [6.45, 7) is 5.74. The molecule has 1 aliphatic rings. The molecule has 5 nitrogen and oxygen atoms in total. The molecule has 2 heterocycles. The van der Waals surface area contributed by atoms with Gasteiger partial charge in [-0.25, -0.2) is 0 Å². The van der Waals surface area contributed by atoms with Crippen LogP contribution in [0.15, 0.2) is 42.5 Å². The predicted molar refractivity (Wildman–Crippen MR) is 104 cm³/mol. The number of aryl methyl sites for hydroxylation is 2. The minimum Gasteiger partial charge on any atom is -0.355 e. The lowest BCUT2D eigenvalue weighted by atomic mass is 9.95. The summed E-state index contributed by atoms with van der Waals surface area (Å²) < 4.78 is 0. The summed E-state index contributed by atoms with van der Waals surface area (Å²) in [6.07, 6.45) is 3.69. The first-order chi connectivity index (χ1) is 12.6. The summed E-state index contributed by atoms with van der Waals surface area (Å²) in [7, 11) is 0. The zero-order valence-electron chi connectivity index (χ0n) is 15.7. The van der Waals surface area contributed by atoms with Crippen LogP contribution in [0.1, 0.15) is 37.4 Å². The molecule has 1 unspecified atom stereocenters. The van der Waals surface area contributed by atoms with Gasteiger partial charge < -0.3 is 10.2 Å². The van der Waals surface area contributed by atoms with Gasteiger partial charge in [-0.3, -0.25) is 4.79 Å². The van der Waals surface area contributed by atoms with Gasteiger partial charge in [0.1, 0.15) is 0 Å². The Morgan fingerprint density at radius 1 is 1.15 bits per heavy atom. The molecule has 1 fully saturated rings. The number of carbonyl (C=O) groups excluding carboxylic acids is 1. The van der Waals surface area contributed by atoms with Crippen molar-refractivity contribution in [2.45, 2.75) is 45.6 Å². The van der Waals surface area contributed by atoms with Crippen molar-refractivity contribution in [1.29, 1.82) is 0 Å². The molecule has 0 aliphatic carbocycles. The van der Waals surface area contributed by atoms with Crippen molar-refractivity contribution >= 4 is 11.7 Å². The van der Waals surface area contributed by atoms with E-state index in [4.69, 9.17) is 0 Å². The Morgan fingerprint density at radius 2 is 1.88 bits per heavy atom. The molecule has 1 aliphatic heterocycles. The third kappa shape index (κ3) is 5.04. The highest BCUT2D eigenvalue weighted by atomic mass is 16.1. The monoisotopic (exact) mass is 352 g/mol. The lowest BCUT2D eigenvalue weighted by molar-refractivity contribution is -0.126. The predicted octanol–water partition coefficient (Wildman–Crippen LogP) is 3.14. The van der Waals surface area contributed by atoms with Gasteiger partial charge in [0.15, 0.2) is 5.82 Å². The number of hydrogen-bond donors (Lipinski definition) is 1. The van der Waals surface area contributed by atoms with Crippen molar-refractivity contribution in [3.63, 3.8) is 0 Å². The fourth-order valence-corrected chi connectivity index (χ4v) is 3.39. The van der Waals surface area contributed by atoms with Crippen LogP contribution in [0, 0.1) is 12.8 Å². The fourth-order valence-electron chi connectivity index (χ4n) is 3.39. The summed E-state index contributed by atoms with van der Waals surface area (Å²) in [5.74, 6) is 1.20. The molecular weight excluding hydrogens is 324 g/mol. The van der Waals surface area contributed by atoms with E-state index in [2.05, 4.69) is 51.6 Å². The second-order valence-electron chi connectivity index (χ2n) is 7.23. The molecule has 0 bridgehead atoms. The molecule has 1 N–H and O–H groups in total. The maximum atomic E-state index is 12.6. The van der Waals surface area contributed by atoms with E-state index in [1.165, 1.54) is 5.56 Å². The van der Waals surface area contributed by atoms with E-state index in [-0.39, 0.29) is 17.9 Å². The number of piperidine rings is 1. The first-order valence-electron chi connectivity index (χ1n) is 9.51. The molecule has 26 heavy (non-hydrogen) atoms. The van der Waals surface area contributed by atoms with Crippen LogP contribution < -0.4 is 10.2 Å². The Balaban J connectivity index is 1.42. The molecule has 1 atom stereocenters. The molecule has 138 valence electrons. The second-order valence-corrected chi connectivity index (χ2v) is 7.23. The maximum absolute atomic E-state index is 12.6. The van der Waals surface area contributed by atoms with Gasteiger partial charge >= 0.3 is 0 Å². The quantitative estimate of drug-likeness (QED) is 0.868. The smallest absolute Gasteiger partial charge is 0.223 e. The Morgan fingerprint density at radius 3 is 2.54 bits per heavy atom. The van der Waals surface area contributed by atoms with Gasteiger partial charge in [-0.2, -0.15) is 5.10 Å². The SMILES string of the molecule is Cc1ccc(N2CCC(C(=O)NC(C)CCc3ccccc3)CC2)nn1. The van der Waals surface area contributed by atoms with Gasteiger partial charge in [-0.05, 0) is 57.2 Å². The van der Waals surface area contributed by atoms with Crippen molar-refractivity contribution < 1.29 is 4.79 Å². The summed E-state index contributed by atoms with van der Waals surface area (Å²) in [5.41, 5.74) is 2.24. The molecule has 0 spiro atoms. The van der Waals surface area contributed by atoms with Gasteiger partial charge in [0.05, 0.1) is 5.69 Å². The molecular formula is C21H28N4O. The van der Waals surface area contributed by atoms with E-state index in [0.29, 0.717) is 0 Å². The summed E-state index contributed by atoms with van der Waals surface area (Å²) in [5, 5.41) is 11.6. The van der Waals surface area contributed by atoms with Crippen LogP contribution in [0.5, 0.6) is 0 Å². The largest absolute Gasteiger partial charge is 0.355 e. The highest BCUT2D eigenvalue weighted by Gasteiger charge is 2.26. The zero-order chi connectivity index (χ0) is 18.4. The normalized spacial score (nSPS) is 16.3. The highest BCUT2D eigenvalue weighted by Crippen LogP contribution is 2.22. The van der Waals surface area contributed by atoms with E-state index >= 15 is 0 Å². The van der Waals surface area contributed by atoms with Gasteiger partial charge in [-0.1, -0.05) is 30.3 Å².